The van der Waals surface area contributed by atoms with Gasteiger partial charge in [-0.3, -0.25) is 4.79 Å². The number of hydrogen-bond donors (Lipinski definition) is 0. The molecule has 2 unspecified atom stereocenters. The summed E-state index contributed by atoms with van der Waals surface area (Å²) in [5.41, 5.74) is 0.371. The van der Waals surface area contributed by atoms with Crippen molar-refractivity contribution in [1.82, 2.24) is 4.90 Å². The summed E-state index contributed by atoms with van der Waals surface area (Å²) in [7, 11) is 0. The van der Waals surface area contributed by atoms with Gasteiger partial charge in [-0.05, 0) is 13.0 Å². The minimum Gasteiger partial charge on any atom is -0.450 e. The van der Waals surface area contributed by atoms with E-state index in [2.05, 4.69) is 4.74 Å². The summed E-state index contributed by atoms with van der Waals surface area (Å²) in [4.78, 5) is 25.6. The highest BCUT2D eigenvalue weighted by molar-refractivity contribution is 6.10. The van der Waals surface area contributed by atoms with E-state index in [1.54, 1.807) is 24.0 Å². The van der Waals surface area contributed by atoms with Gasteiger partial charge >= 0.3 is 6.16 Å². The molecule has 8 heteroatoms. The number of nitrogens with zero attached hydrogens (tertiary/aromatic N) is 1. The Bertz CT molecular complexity index is 836. The summed E-state index contributed by atoms with van der Waals surface area (Å²) >= 11 is 0. The smallest absolute Gasteiger partial charge is 0.450 e. The van der Waals surface area contributed by atoms with Crippen molar-refractivity contribution in [3.63, 3.8) is 0 Å². The highest BCUT2D eigenvalue weighted by Crippen LogP contribution is 2.45. The maximum absolute atomic E-state index is 14.2. The number of rotatable bonds is 2. The number of carbonyl (C=O) groups is 2. The largest absolute Gasteiger partial charge is 0.513 e. The van der Waals surface area contributed by atoms with E-state index in [-0.39, 0.29) is 23.9 Å². The minimum atomic E-state index is -1.12. The van der Waals surface area contributed by atoms with Gasteiger partial charge in [0.2, 0.25) is 5.76 Å². The predicted molar refractivity (Wildman–Crippen MR) is 79.8 cm³/mol. The molecule has 0 aromatic rings. The zero-order chi connectivity index (χ0) is 17.7. The number of ether oxygens (including phenoxy) is 3. The van der Waals surface area contributed by atoms with E-state index in [0.29, 0.717) is 12.2 Å². The molecule has 2 heterocycles. The van der Waals surface area contributed by atoms with Crippen molar-refractivity contribution in [3.8, 4) is 0 Å². The molecule has 2 atom stereocenters. The molecule has 130 valence electrons. The maximum Gasteiger partial charge on any atom is 0.513 e. The Hall–Kier alpha value is -2.90. The SMILES string of the molecule is CCOC(=O)OC1=CC2=C(OC3=C(F)C(F)=CC4C=CCN2C34)C1=O. The lowest BCUT2D eigenvalue weighted by atomic mass is 9.87. The van der Waals surface area contributed by atoms with Gasteiger partial charge in [-0.25, -0.2) is 9.18 Å². The second-order valence-electron chi connectivity index (χ2n) is 5.73. The monoisotopic (exact) mass is 349 g/mol. The molecule has 0 amide bonds. The highest BCUT2D eigenvalue weighted by Gasteiger charge is 2.47. The van der Waals surface area contributed by atoms with Gasteiger partial charge in [-0.1, -0.05) is 12.2 Å². The van der Waals surface area contributed by atoms with Crippen LogP contribution < -0.4 is 0 Å². The topological polar surface area (TPSA) is 65.1 Å². The fourth-order valence-electron chi connectivity index (χ4n) is 3.28. The fourth-order valence-corrected chi connectivity index (χ4v) is 3.28. The summed E-state index contributed by atoms with van der Waals surface area (Å²) in [6.07, 6.45) is 5.07. The van der Waals surface area contributed by atoms with E-state index in [1.165, 1.54) is 12.2 Å². The van der Waals surface area contributed by atoms with Crippen molar-refractivity contribution < 1.29 is 32.6 Å². The van der Waals surface area contributed by atoms with Gasteiger partial charge in [0.05, 0.1) is 12.3 Å². The predicted octanol–water partition coefficient (Wildman–Crippen LogP) is 2.77. The van der Waals surface area contributed by atoms with Crippen LogP contribution >= 0.6 is 0 Å². The lowest BCUT2D eigenvalue weighted by Crippen LogP contribution is -2.47. The van der Waals surface area contributed by atoms with Crippen LogP contribution in [-0.4, -0.2) is 36.0 Å². The van der Waals surface area contributed by atoms with Gasteiger partial charge in [0.1, 0.15) is 6.04 Å². The van der Waals surface area contributed by atoms with Crippen molar-refractivity contribution in [1.29, 1.82) is 0 Å². The average molecular weight is 349 g/mol. The molecule has 4 aliphatic rings. The molecule has 25 heavy (non-hydrogen) atoms. The van der Waals surface area contributed by atoms with E-state index in [1.807, 2.05) is 0 Å². The summed E-state index contributed by atoms with van der Waals surface area (Å²) in [6, 6.07) is -0.589. The van der Waals surface area contributed by atoms with Gasteiger partial charge in [-0.15, -0.1) is 0 Å². The van der Waals surface area contributed by atoms with Gasteiger partial charge in [0.15, 0.2) is 23.2 Å². The first kappa shape index (κ1) is 15.6. The van der Waals surface area contributed by atoms with Gasteiger partial charge in [-0.2, -0.15) is 4.39 Å². The molecule has 0 spiro atoms. The molecular formula is C17H13F2NO5. The van der Waals surface area contributed by atoms with Gasteiger partial charge < -0.3 is 19.1 Å². The standard InChI is InChI=1S/C17H13F2NO5/c1-2-23-17(22)24-11-7-10-15(14(11)21)25-16-12(19)9(18)6-8-4-3-5-20(10)13(8)16/h3-4,6-8,13H,2,5H2,1H3. The molecule has 0 aromatic heterocycles. The number of Topliss-reactive ketones (excluding diaryl/α,β-unsaturated/α-hetero) is 1. The van der Waals surface area contributed by atoms with Gasteiger partial charge in [0, 0.05) is 18.5 Å². The maximum atomic E-state index is 14.2. The Morgan fingerprint density at radius 2 is 2.24 bits per heavy atom. The van der Waals surface area contributed by atoms with Crippen LogP contribution in [-0.2, 0) is 19.0 Å². The van der Waals surface area contributed by atoms with Gasteiger partial charge in [0.25, 0.3) is 5.78 Å². The molecule has 4 rings (SSSR count). The molecule has 0 aromatic carbocycles. The zero-order valence-corrected chi connectivity index (χ0v) is 13.1. The lowest BCUT2D eigenvalue weighted by Gasteiger charge is -2.44. The molecule has 2 aliphatic carbocycles. The Kier molecular flexibility index (Phi) is 3.48. The fraction of sp³-hybridized carbons (Fsp3) is 0.294. The van der Waals surface area contributed by atoms with E-state index >= 15 is 0 Å². The third-order valence-electron chi connectivity index (χ3n) is 4.30. The quantitative estimate of drug-likeness (QED) is 0.564. The third kappa shape index (κ3) is 2.28. The Labute approximate surface area is 141 Å². The number of hydrogen-bond acceptors (Lipinski definition) is 6. The van der Waals surface area contributed by atoms with Crippen LogP contribution in [0.5, 0.6) is 0 Å². The van der Waals surface area contributed by atoms with Crippen molar-refractivity contribution in [2.75, 3.05) is 13.2 Å². The molecule has 6 nitrogen and oxygen atoms in total. The lowest BCUT2D eigenvalue weighted by molar-refractivity contribution is -0.118. The number of ketones is 1. The number of carbonyl (C=O) groups excluding carboxylic acids is 2. The van der Waals surface area contributed by atoms with E-state index in [9.17, 15) is 18.4 Å². The van der Waals surface area contributed by atoms with Crippen LogP contribution in [0.25, 0.3) is 0 Å². The van der Waals surface area contributed by atoms with Crippen LogP contribution in [0.1, 0.15) is 6.92 Å². The van der Waals surface area contributed by atoms with Crippen molar-refractivity contribution in [3.05, 3.63) is 58.9 Å². The Morgan fingerprint density at radius 3 is 3.00 bits per heavy atom. The summed E-state index contributed by atoms with van der Waals surface area (Å²) < 4.78 is 43.0. The molecule has 0 fully saturated rings. The second kappa shape index (κ2) is 5.58. The Morgan fingerprint density at radius 1 is 1.44 bits per heavy atom. The van der Waals surface area contributed by atoms with Crippen LogP contribution in [0.2, 0.25) is 0 Å². The van der Waals surface area contributed by atoms with E-state index < -0.39 is 35.6 Å². The molecule has 2 aliphatic heterocycles. The highest BCUT2D eigenvalue weighted by atomic mass is 19.2. The van der Waals surface area contributed by atoms with Crippen LogP contribution in [0.15, 0.2) is 58.9 Å². The summed E-state index contributed by atoms with van der Waals surface area (Å²) in [6.45, 7) is 2.07. The summed E-state index contributed by atoms with van der Waals surface area (Å²) in [5.74, 6) is -3.99. The first-order valence-electron chi connectivity index (χ1n) is 7.75. The average Bonchev–Trinajstić information content (AvgIpc) is 2.89. The molecular weight excluding hydrogens is 336 g/mol. The first-order valence-corrected chi connectivity index (χ1v) is 7.75. The molecule has 0 N–H and O–H groups in total. The van der Waals surface area contributed by atoms with E-state index in [4.69, 9.17) is 9.47 Å². The zero-order valence-electron chi connectivity index (χ0n) is 13.1. The van der Waals surface area contributed by atoms with Crippen LogP contribution in [0.4, 0.5) is 13.6 Å². The number of allylic oxidation sites excluding steroid dienone is 3. The minimum absolute atomic E-state index is 0.0909. The summed E-state index contributed by atoms with van der Waals surface area (Å²) in [5, 5.41) is 0. The molecule has 0 bridgehead atoms. The second-order valence-corrected chi connectivity index (χ2v) is 5.73. The van der Waals surface area contributed by atoms with Crippen LogP contribution in [0.3, 0.4) is 0 Å². The van der Waals surface area contributed by atoms with Crippen LogP contribution in [0, 0.1) is 5.92 Å². The van der Waals surface area contributed by atoms with Crippen molar-refractivity contribution >= 4 is 11.9 Å². The first-order chi connectivity index (χ1) is 12.0. The number of fused-ring (bicyclic) bond motifs is 1. The van der Waals surface area contributed by atoms with Crippen molar-refractivity contribution in [2.45, 2.75) is 13.0 Å². The van der Waals surface area contributed by atoms with Crippen molar-refractivity contribution in [2.24, 2.45) is 5.92 Å². The number of halogens is 2. The third-order valence-corrected chi connectivity index (χ3v) is 4.30. The molecule has 0 radical (unpaired) electrons. The molecule has 0 saturated heterocycles. The normalized spacial score (nSPS) is 26.7. The Balaban J connectivity index is 1.71. The van der Waals surface area contributed by atoms with E-state index in [0.717, 1.165) is 0 Å². The molecule has 0 saturated carbocycles.